The molecular formula is C15H22N2O5S. The molecule has 23 heavy (non-hydrogen) atoms. The maximum absolute atomic E-state index is 12.2. The van der Waals surface area contributed by atoms with Crippen molar-refractivity contribution in [2.45, 2.75) is 36.1 Å². The van der Waals surface area contributed by atoms with Crippen LogP contribution in [0.4, 0.5) is 0 Å². The van der Waals surface area contributed by atoms with E-state index in [2.05, 4.69) is 10.0 Å². The fourth-order valence-corrected chi connectivity index (χ4v) is 3.68. The number of nitrogens with one attached hydrogen (secondary N) is 2. The molecule has 2 fully saturated rings. The first-order chi connectivity index (χ1) is 11.0. The van der Waals surface area contributed by atoms with Crippen molar-refractivity contribution >= 4 is 10.0 Å². The van der Waals surface area contributed by atoms with Crippen molar-refractivity contribution in [1.82, 2.24) is 10.0 Å². The van der Waals surface area contributed by atoms with Crippen molar-refractivity contribution in [2.24, 2.45) is 0 Å². The Hall–Kier alpha value is -1.03. The third-order valence-electron chi connectivity index (χ3n) is 4.18. The number of sulfonamides is 1. The summed E-state index contributed by atoms with van der Waals surface area (Å²) in [4.78, 5) is 0.205. The summed E-state index contributed by atoms with van der Waals surface area (Å²) in [6.07, 6.45) is -1.31. The summed E-state index contributed by atoms with van der Waals surface area (Å²) in [5.41, 5.74) is 0.993. The van der Waals surface area contributed by atoms with Gasteiger partial charge in [0, 0.05) is 6.54 Å². The van der Waals surface area contributed by atoms with E-state index in [9.17, 15) is 13.5 Å². The van der Waals surface area contributed by atoms with Crippen LogP contribution in [0.1, 0.15) is 5.56 Å². The highest BCUT2D eigenvalue weighted by molar-refractivity contribution is 7.89. The molecule has 2 saturated heterocycles. The number of aryl methyl sites for hydroxylation is 1. The van der Waals surface area contributed by atoms with Gasteiger partial charge in [-0.25, -0.2) is 13.1 Å². The number of aliphatic hydroxyl groups is 1. The van der Waals surface area contributed by atoms with Gasteiger partial charge < -0.3 is 19.9 Å². The van der Waals surface area contributed by atoms with Gasteiger partial charge in [-0.15, -0.1) is 0 Å². The highest BCUT2D eigenvalue weighted by atomic mass is 32.2. The monoisotopic (exact) mass is 342 g/mol. The molecule has 3 rings (SSSR count). The van der Waals surface area contributed by atoms with Crippen LogP contribution in [0, 0.1) is 6.92 Å². The van der Waals surface area contributed by atoms with Gasteiger partial charge in [0.15, 0.2) is 0 Å². The Morgan fingerprint density at radius 1 is 1.22 bits per heavy atom. The van der Waals surface area contributed by atoms with Crippen LogP contribution < -0.4 is 10.0 Å². The lowest BCUT2D eigenvalue weighted by molar-refractivity contribution is -0.0165. The van der Waals surface area contributed by atoms with E-state index < -0.39 is 22.2 Å². The quantitative estimate of drug-likeness (QED) is 0.638. The van der Waals surface area contributed by atoms with Gasteiger partial charge in [-0.05, 0) is 19.1 Å². The second-order valence-corrected chi connectivity index (χ2v) is 7.80. The molecule has 7 nitrogen and oxygen atoms in total. The van der Waals surface area contributed by atoms with Crippen molar-refractivity contribution in [1.29, 1.82) is 0 Å². The van der Waals surface area contributed by atoms with Crippen molar-refractivity contribution in [3.8, 4) is 0 Å². The van der Waals surface area contributed by atoms with Gasteiger partial charge in [-0.2, -0.15) is 0 Å². The average molecular weight is 342 g/mol. The molecule has 3 atom stereocenters. The van der Waals surface area contributed by atoms with Gasteiger partial charge in [0.25, 0.3) is 0 Å². The van der Waals surface area contributed by atoms with E-state index in [1.807, 2.05) is 6.92 Å². The predicted octanol–water partition coefficient (Wildman–Crippen LogP) is -0.610. The van der Waals surface area contributed by atoms with E-state index in [0.717, 1.165) is 5.56 Å². The molecule has 2 aliphatic heterocycles. The van der Waals surface area contributed by atoms with Crippen LogP contribution in [0.2, 0.25) is 0 Å². The maximum Gasteiger partial charge on any atom is 0.240 e. The van der Waals surface area contributed by atoms with Gasteiger partial charge in [0.05, 0.1) is 49.0 Å². The molecule has 1 aromatic carbocycles. The molecule has 8 heteroatoms. The minimum Gasteiger partial charge on any atom is -0.389 e. The van der Waals surface area contributed by atoms with E-state index in [1.54, 1.807) is 24.3 Å². The van der Waals surface area contributed by atoms with E-state index >= 15 is 0 Å². The molecule has 3 N–H and O–H groups in total. The zero-order valence-corrected chi connectivity index (χ0v) is 13.8. The highest BCUT2D eigenvalue weighted by Crippen LogP contribution is 2.17. The minimum atomic E-state index is -3.60. The smallest absolute Gasteiger partial charge is 0.240 e. The molecular weight excluding hydrogens is 320 g/mol. The number of aliphatic hydroxyl groups excluding tert-OH is 1. The number of ether oxygens (including phenoxy) is 2. The average Bonchev–Trinajstić information content (AvgIpc) is 2.82. The lowest BCUT2D eigenvalue weighted by Gasteiger charge is -2.30. The second kappa shape index (κ2) is 6.84. The van der Waals surface area contributed by atoms with E-state index in [0.29, 0.717) is 19.8 Å². The molecule has 2 heterocycles. The molecule has 1 aromatic rings. The summed E-state index contributed by atoms with van der Waals surface area (Å²) in [5, 5.41) is 13.5. The maximum atomic E-state index is 12.2. The van der Waals surface area contributed by atoms with Gasteiger partial charge >= 0.3 is 0 Å². The van der Waals surface area contributed by atoms with Gasteiger partial charge in [-0.3, -0.25) is 0 Å². The molecule has 0 aliphatic carbocycles. The Morgan fingerprint density at radius 3 is 2.52 bits per heavy atom. The fraction of sp³-hybridized carbons (Fsp3) is 0.600. The summed E-state index contributed by atoms with van der Waals surface area (Å²) in [6, 6.07) is 6.65. The first-order valence-corrected chi connectivity index (χ1v) is 9.14. The molecule has 2 aliphatic rings. The molecule has 0 amide bonds. The lowest BCUT2D eigenvalue weighted by atomic mass is 10.1. The first-order valence-electron chi connectivity index (χ1n) is 7.65. The largest absolute Gasteiger partial charge is 0.389 e. The van der Waals surface area contributed by atoms with Crippen LogP contribution in [0.25, 0.3) is 0 Å². The van der Waals surface area contributed by atoms with E-state index in [4.69, 9.17) is 9.47 Å². The van der Waals surface area contributed by atoms with Crippen LogP contribution >= 0.6 is 0 Å². The Labute approximate surface area is 136 Å². The van der Waals surface area contributed by atoms with Crippen LogP contribution in [0.15, 0.2) is 29.2 Å². The fourth-order valence-electron chi connectivity index (χ4n) is 2.64. The third kappa shape index (κ3) is 3.90. The van der Waals surface area contributed by atoms with Crippen molar-refractivity contribution in [3.63, 3.8) is 0 Å². The summed E-state index contributed by atoms with van der Waals surface area (Å²) in [7, 11) is -3.60. The molecule has 0 radical (unpaired) electrons. The standard InChI is InChI=1S/C15H22N2O5S/c1-10-2-4-12(5-3-10)23(19,20)16-6-14-15(18)13(9-22-14)17-11-7-21-8-11/h2-5,11,13-18H,6-9H2,1H3. The molecule has 0 saturated carbocycles. The molecule has 0 aromatic heterocycles. The number of benzene rings is 1. The number of hydrogen-bond acceptors (Lipinski definition) is 6. The Balaban J connectivity index is 1.54. The Morgan fingerprint density at radius 2 is 1.91 bits per heavy atom. The van der Waals surface area contributed by atoms with Crippen LogP contribution in [-0.2, 0) is 19.5 Å². The van der Waals surface area contributed by atoms with E-state index in [-0.39, 0.29) is 23.5 Å². The SMILES string of the molecule is Cc1ccc(S(=O)(=O)NCC2OCC(NC3COC3)C2O)cc1. The molecule has 0 spiro atoms. The first kappa shape index (κ1) is 16.8. The second-order valence-electron chi connectivity index (χ2n) is 6.03. The highest BCUT2D eigenvalue weighted by Gasteiger charge is 2.38. The van der Waals surface area contributed by atoms with Gasteiger partial charge in [-0.1, -0.05) is 17.7 Å². The van der Waals surface area contributed by atoms with E-state index in [1.165, 1.54) is 0 Å². The summed E-state index contributed by atoms with van der Waals surface area (Å²) < 4.78 is 37.6. The summed E-state index contributed by atoms with van der Waals surface area (Å²) in [6.45, 7) is 3.56. The number of hydrogen-bond donors (Lipinski definition) is 3. The molecule has 128 valence electrons. The van der Waals surface area contributed by atoms with Gasteiger partial charge in [0.2, 0.25) is 10.0 Å². The van der Waals surface area contributed by atoms with Crippen LogP contribution in [0.3, 0.4) is 0 Å². The molecule has 3 unspecified atom stereocenters. The van der Waals surface area contributed by atoms with Crippen LogP contribution in [0.5, 0.6) is 0 Å². The summed E-state index contributed by atoms with van der Waals surface area (Å²) in [5.74, 6) is 0. The topological polar surface area (TPSA) is 96.9 Å². The Kier molecular flexibility index (Phi) is 5.00. The Bertz CT molecular complexity index is 630. The predicted molar refractivity (Wildman–Crippen MR) is 83.6 cm³/mol. The zero-order chi connectivity index (χ0) is 16.4. The lowest BCUT2D eigenvalue weighted by Crippen LogP contribution is -2.54. The van der Waals surface area contributed by atoms with Gasteiger partial charge in [0.1, 0.15) is 0 Å². The third-order valence-corrected chi connectivity index (χ3v) is 5.62. The van der Waals surface area contributed by atoms with Crippen molar-refractivity contribution in [2.75, 3.05) is 26.4 Å². The minimum absolute atomic E-state index is 0.0384. The zero-order valence-electron chi connectivity index (χ0n) is 12.9. The normalized spacial score (nSPS) is 28.7. The van der Waals surface area contributed by atoms with Crippen molar-refractivity contribution < 1.29 is 23.0 Å². The van der Waals surface area contributed by atoms with Crippen LogP contribution in [-0.4, -0.2) is 64.2 Å². The molecule has 0 bridgehead atoms. The number of rotatable bonds is 6. The summed E-state index contributed by atoms with van der Waals surface area (Å²) >= 11 is 0. The van der Waals surface area contributed by atoms with Crippen molar-refractivity contribution in [3.05, 3.63) is 29.8 Å².